The Hall–Kier alpha value is -3.01. The third-order valence-corrected chi connectivity index (χ3v) is 6.42. The summed E-state index contributed by atoms with van der Waals surface area (Å²) in [4.78, 5) is 4.46. The minimum absolute atomic E-state index is 0.152. The van der Waals surface area contributed by atoms with Gasteiger partial charge in [0.15, 0.2) is 0 Å². The second kappa shape index (κ2) is 8.89. The van der Waals surface area contributed by atoms with Crippen LogP contribution in [0.3, 0.4) is 0 Å². The van der Waals surface area contributed by atoms with Crippen molar-refractivity contribution in [3.05, 3.63) is 41.5 Å². The fraction of sp³-hybridized carbons (Fsp3) is 0.480. The number of alkyl halides is 3. The summed E-state index contributed by atoms with van der Waals surface area (Å²) in [5.41, 5.74) is 2.33. The van der Waals surface area contributed by atoms with E-state index < -0.39 is 30.1 Å². The monoisotopic (exact) mass is 491 g/mol. The molecule has 3 heterocycles. The number of aromatic nitrogens is 5. The van der Waals surface area contributed by atoms with Crippen molar-refractivity contribution in [3.63, 3.8) is 0 Å². The molecular weight excluding hydrogens is 462 g/mol. The van der Waals surface area contributed by atoms with Crippen LogP contribution in [0.5, 0.6) is 0 Å². The Balaban J connectivity index is 2.06. The quantitative estimate of drug-likeness (QED) is 0.306. The fourth-order valence-electron chi connectivity index (χ4n) is 4.76. The van der Waals surface area contributed by atoms with Gasteiger partial charge in [0.2, 0.25) is 0 Å². The van der Waals surface area contributed by atoms with Crippen molar-refractivity contribution >= 4 is 21.9 Å². The first-order chi connectivity index (χ1) is 16.3. The Morgan fingerprint density at radius 1 is 1.09 bits per heavy atom. The van der Waals surface area contributed by atoms with Gasteiger partial charge in [-0.2, -0.15) is 13.2 Å². The summed E-state index contributed by atoms with van der Waals surface area (Å²) in [5.74, 6) is -0.531. The molecule has 10 heteroatoms. The summed E-state index contributed by atoms with van der Waals surface area (Å²) >= 11 is 0. The number of aryl methyl sites for hydroxylation is 2. The Labute approximate surface area is 200 Å². The first-order valence-electron chi connectivity index (χ1n) is 11.6. The zero-order valence-corrected chi connectivity index (χ0v) is 20.4. The number of rotatable bonds is 7. The Morgan fingerprint density at radius 2 is 1.80 bits per heavy atom. The smallest absolute Gasteiger partial charge is 0.386 e. The Bertz CT molecular complexity index is 1360. The maximum atomic E-state index is 15.7. The molecule has 0 radical (unpaired) electrons. The van der Waals surface area contributed by atoms with Crippen molar-refractivity contribution in [2.75, 3.05) is 0 Å². The van der Waals surface area contributed by atoms with Crippen molar-refractivity contribution in [3.8, 4) is 11.3 Å². The number of nitrogens with zero attached hydrogens (tertiary/aromatic N) is 5. The molecule has 0 aliphatic heterocycles. The van der Waals surface area contributed by atoms with Gasteiger partial charge in [-0.25, -0.2) is 9.07 Å². The molecule has 3 aromatic heterocycles. The molecule has 1 unspecified atom stereocenters. The standard InChI is InChI=1S/C25H29F4N5O/c1-6-7-17(8-9-25(27,28)29)34-19-11-15(23-14(2)31-32-33(23)5)10-18(26)21(19)22-20(34)12-16(13-30-22)24(3,4)35/h10-13,17,35H,6-9H2,1-5H3. The first kappa shape index (κ1) is 25.1. The largest absolute Gasteiger partial charge is 0.389 e. The van der Waals surface area contributed by atoms with E-state index in [4.69, 9.17) is 0 Å². The molecule has 1 N–H and O–H groups in total. The second-order valence-electron chi connectivity index (χ2n) is 9.62. The normalized spacial score (nSPS) is 13.8. The average molecular weight is 492 g/mol. The van der Waals surface area contributed by atoms with Crippen LogP contribution in [-0.4, -0.2) is 35.8 Å². The van der Waals surface area contributed by atoms with Crippen LogP contribution in [0.4, 0.5) is 17.6 Å². The maximum Gasteiger partial charge on any atom is 0.389 e. The topological polar surface area (TPSA) is 68.8 Å². The molecule has 6 nitrogen and oxygen atoms in total. The van der Waals surface area contributed by atoms with Crippen molar-refractivity contribution < 1.29 is 22.7 Å². The Kier molecular flexibility index (Phi) is 6.37. The van der Waals surface area contributed by atoms with Gasteiger partial charge in [-0.15, -0.1) is 5.10 Å². The molecule has 1 aromatic carbocycles. The molecule has 0 spiro atoms. The van der Waals surface area contributed by atoms with Crippen LogP contribution in [0.15, 0.2) is 24.4 Å². The zero-order valence-electron chi connectivity index (χ0n) is 20.4. The lowest BCUT2D eigenvalue weighted by Crippen LogP contribution is -2.17. The molecule has 0 aliphatic rings. The van der Waals surface area contributed by atoms with E-state index in [1.54, 1.807) is 49.2 Å². The van der Waals surface area contributed by atoms with Gasteiger partial charge >= 0.3 is 6.18 Å². The molecule has 1 atom stereocenters. The van der Waals surface area contributed by atoms with E-state index in [0.717, 1.165) is 0 Å². The van der Waals surface area contributed by atoms with E-state index in [1.807, 2.05) is 6.92 Å². The van der Waals surface area contributed by atoms with Gasteiger partial charge in [0.25, 0.3) is 0 Å². The number of hydrogen-bond acceptors (Lipinski definition) is 4. The maximum absolute atomic E-state index is 15.7. The van der Waals surface area contributed by atoms with Gasteiger partial charge in [0, 0.05) is 36.8 Å². The molecule has 0 amide bonds. The molecule has 0 fully saturated rings. The van der Waals surface area contributed by atoms with Gasteiger partial charge in [-0.3, -0.25) is 4.98 Å². The molecule has 35 heavy (non-hydrogen) atoms. The molecule has 0 saturated carbocycles. The Morgan fingerprint density at radius 3 is 2.37 bits per heavy atom. The van der Waals surface area contributed by atoms with E-state index in [2.05, 4.69) is 15.3 Å². The van der Waals surface area contributed by atoms with Gasteiger partial charge in [-0.1, -0.05) is 18.6 Å². The summed E-state index contributed by atoms with van der Waals surface area (Å²) in [6.07, 6.45) is -2.81. The van der Waals surface area contributed by atoms with Crippen molar-refractivity contribution in [2.24, 2.45) is 7.05 Å². The SMILES string of the molecule is CCCC(CCC(F)(F)F)n1c2cc(C(C)(C)O)cnc2c2c(F)cc(-c3c(C)nnn3C)cc21. The van der Waals surface area contributed by atoms with Crippen molar-refractivity contribution in [2.45, 2.75) is 71.2 Å². The van der Waals surface area contributed by atoms with E-state index in [0.29, 0.717) is 51.9 Å². The van der Waals surface area contributed by atoms with Crippen LogP contribution >= 0.6 is 0 Å². The highest BCUT2D eigenvalue weighted by Crippen LogP contribution is 2.40. The lowest BCUT2D eigenvalue weighted by atomic mass is 10.00. The number of fused-ring (bicyclic) bond motifs is 3. The molecule has 0 bridgehead atoms. The van der Waals surface area contributed by atoms with Crippen LogP contribution in [0.1, 0.15) is 63.8 Å². The number of benzene rings is 1. The summed E-state index contributed by atoms with van der Waals surface area (Å²) < 4.78 is 58.6. The summed E-state index contributed by atoms with van der Waals surface area (Å²) in [6, 6.07) is 4.31. The predicted molar refractivity (Wildman–Crippen MR) is 126 cm³/mol. The van der Waals surface area contributed by atoms with Crippen LogP contribution < -0.4 is 0 Å². The van der Waals surface area contributed by atoms with Crippen LogP contribution in [0, 0.1) is 12.7 Å². The highest BCUT2D eigenvalue weighted by atomic mass is 19.4. The minimum atomic E-state index is -4.31. The van der Waals surface area contributed by atoms with Crippen LogP contribution in [-0.2, 0) is 12.6 Å². The van der Waals surface area contributed by atoms with Crippen LogP contribution in [0.2, 0.25) is 0 Å². The zero-order chi connectivity index (χ0) is 25.7. The number of halogens is 4. The predicted octanol–water partition coefficient (Wildman–Crippen LogP) is 6.34. The third kappa shape index (κ3) is 4.76. The lowest BCUT2D eigenvalue weighted by molar-refractivity contribution is -0.137. The van der Waals surface area contributed by atoms with Crippen molar-refractivity contribution in [1.82, 2.24) is 24.5 Å². The third-order valence-electron chi connectivity index (χ3n) is 6.42. The molecule has 0 saturated heterocycles. The van der Waals surface area contributed by atoms with E-state index in [9.17, 15) is 18.3 Å². The fourth-order valence-corrected chi connectivity index (χ4v) is 4.76. The molecule has 0 aliphatic carbocycles. The minimum Gasteiger partial charge on any atom is -0.386 e. The lowest BCUT2D eigenvalue weighted by Gasteiger charge is -2.23. The number of pyridine rings is 1. The van der Waals surface area contributed by atoms with Gasteiger partial charge in [-0.05, 0) is 51.8 Å². The van der Waals surface area contributed by atoms with E-state index in [1.165, 1.54) is 12.3 Å². The summed E-state index contributed by atoms with van der Waals surface area (Å²) in [6.45, 7) is 6.88. The molecule has 4 rings (SSSR count). The van der Waals surface area contributed by atoms with Gasteiger partial charge in [0.1, 0.15) is 5.82 Å². The van der Waals surface area contributed by atoms with E-state index >= 15 is 4.39 Å². The van der Waals surface area contributed by atoms with Gasteiger partial charge in [0.05, 0.1) is 38.9 Å². The molecular formula is C25H29F4N5O. The molecule has 4 aromatic rings. The van der Waals surface area contributed by atoms with Crippen LogP contribution in [0.25, 0.3) is 33.2 Å². The second-order valence-corrected chi connectivity index (χ2v) is 9.62. The number of aliphatic hydroxyl groups is 1. The van der Waals surface area contributed by atoms with Gasteiger partial charge < -0.3 is 9.67 Å². The highest BCUT2D eigenvalue weighted by molar-refractivity contribution is 6.07. The molecule has 188 valence electrons. The summed E-state index contributed by atoms with van der Waals surface area (Å²) in [7, 11) is 1.70. The van der Waals surface area contributed by atoms with Crippen molar-refractivity contribution in [1.29, 1.82) is 0 Å². The number of hydrogen-bond donors (Lipinski definition) is 1. The first-order valence-corrected chi connectivity index (χ1v) is 11.6. The average Bonchev–Trinajstić information content (AvgIpc) is 3.26. The van der Waals surface area contributed by atoms with E-state index in [-0.39, 0.29) is 11.8 Å². The summed E-state index contributed by atoms with van der Waals surface area (Å²) in [5, 5.41) is 18.8. The highest BCUT2D eigenvalue weighted by Gasteiger charge is 2.31.